The third-order valence-corrected chi connectivity index (χ3v) is 3.03. The Bertz CT molecular complexity index is 606. The topological polar surface area (TPSA) is 110 Å². The number of rotatable bonds is 5. The number of aliphatic carboxylic acids is 1. The molecule has 2 N–H and O–H groups in total. The van der Waals surface area contributed by atoms with Gasteiger partial charge in [-0.1, -0.05) is 5.21 Å². The van der Waals surface area contributed by atoms with Crippen LogP contribution in [0.4, 0.5) is 0 Å². The van der Waals surface area contributed by atoms with Gasteiger partial charge in [0.25, 0.3) is 5.91 Å². The Morgan fingerprint density at radius 1 is 1.53 bits per heavy atom. The van der Waals surface area contributed by atoms with Crippen LogP contribution in [0, 0.1) is 6.92 Å². The lowest BCUT2D eigenvalue weighted by Gasteiger charge is -2.00. The molecule has 0 aliphatic rings. The van der Waals surface area contributed by atoms with Crippen molar-refractivity contribution in [2.75, 3.05) is 0 Å². The maximum atomic E-state index is 11.8. The Morgan fingerprint density at radius 3 is 2.95 bits per heavy atom. The van der Waals surface area contributed by atoms with Crippen molar-refractivity contribution in [2.24, 2.45) is 0 Å². The van der Waals surface area contributed by atoms with Crippen LogP contribution in [0.15, 0.2) is 11.6 Å². The predicted molar refractivity (Wildman–Crippen MR) is 65.7 cm³/mol. The van der Waals surface area contributed by atoms with E-state index in [-0.39, 0.29) is 19.0 Å². The van der Waals surface area contributed by atoms with E-state index in [0.717, 1.165) is 0 Å². The Hall–Kier alpha value is -2.29. The predicted octanol–water partition coefficient (Wildman–Crippen LogP) is 0.0576. The number of aromatic nitrogens is 4. The van der Waals surface area contributed by atoms with Gasteiger partial charge in [0.15, 0.2) is 0 Å². The molecule has 0 atom stereocenters. The molecule has 1 amide bonds. The molecule has 2 aromatic heterocycles. The molecule has 8 nitrogen and oxygen atoms in total. The van der Waals surface area contributed by atoms with Crippen molar-refractivity contribution in [3.8, 4) is 0 Å². The Labute approximate surface area is 112 Å². The molecule has 19 heavy (non-hydrogen) atoms. The van der Waals surface area contributed by atoms with E-state index in [1.54, 1.807) is 12.3 Å². The Balaban J connectivity index is 1.92. The minimum atomic E-state index is -1.000. The molecule has 2 rings (SSSR count). The standard InChI is InChI=1S/C10H11N5O3S/c1-6-8(5-19-13-6)10(18)11-2-7-3-15(14-12-7)4-9(16)17/h3,5H,2,4H2,1H3,(H,11,18)(H,16,17). The minimum absolute atomic E-state index is 0.188. The average Bonchev–Trinajstić information content (AvgIpc) is 2.94. The summed E-state index contributed by atoms with van der Waals surface area (Å²) in [5.74, 6) is -1.24. The molecule has 100 valence electrons. The smallest absolute Gasteiger partial charge is 0.325 e. The summed E-state index contributed by atoms with van der Waals surface area (Å²) in [5.41, 5.74) is 1.70. The third kappa shape index (κ3) is 3.35. The molecule has 0 fully saturated rings. The van der Waals surface area contributed by atoms with Gasteiger partial charge < -0.3 is 10.4 Å². The van der Waals surface area contributed by atoms with Gasteiger partial charge in [0, 0.05) is 5.38 Å². The molecule has 9 heteroatoms. The van der Waals surface area contributed by atoms with Gasteiger partial charge in [-0.2, -0.15) is 4.37 Å². The van der Waals surface area contributed by atoms with E-state index in [4.69, 9.17) is 5.11 Å². The van der Waals surface area contributed by atoms with Crippen molar-refractivity contribution in [3.63, 3.8) is 0 Å². The van der Waals surface area contributed by atoms with Crippen LogP contribution in [0.1, 0.15) is 21.7 Å². The maximum Gasteiger partial charge on any atom is 0.325 e. The summed E-state index contributed by atoms with van der Waals surface area (Å²) >= 11 is 1.22. The monoisotopic (exact) mass is 281 g/mol. The molecule has 0 unspecified atom stereocenters. The van der Waals surface area contributed by atoms with Crippen LogP contribution < -0.4 is 5.32 Å². The van der Waals surface area contributed by atoms with E-state index in [9.17, 15) is 9.59 Å². The summed E-state index contributed by atoms with van der Waals surface area (Å²) in [6, 6.07) is 0. The maximum absolute atomic E-state index is 11.8. The first-order chi connectivity index (χ1) is 9.06. The second-order valence-electron chi connectivity index (χ2n) is 3.80. The first kappa shape index (κ1) is 13.1. The first-order valence-corrected chi connectivity index (χ1v) is 6.20. The second-order valence-corrected chi connectivity index (χ2v) is 4.43. The lowest BCUT2D eigenvalue weighted by atomic mass is 10.2. The van der Waals surface area contributed by atoms with Crippen molar-refractivity contribution >= 4 is 23.4 Å². The second kappa shape index (κ2) is 5.57. The lowest BCUT2D eigenvalue weighted by molar-refractivity contribution is -0.137. The third-order valence-electron chi connectivity index (χ3n) is 2.31. The van der Waals surface area contributed by atoms with Gasteiger partial charge in [-0.15, -0.1) is 5.10 Å². The summed E-state index contributed by atoms with van der Waals surface area (Å²) in [5, 5.41) is 20.3. The quantitative estimate of drug-likeness (QED) is 0.801. The Kier molecular flexibility index (Phi) is 3.85. The van der Waals surface area contributed by atoms with Crippen molar-refractivity contribution < 1.29 is 14.7 Å². The van der Waals surface area contributed by atoms with E-state index < -0.39 is 5.97 Å². The van der Waals surface area contributed by atoms with Gasteiger partial charge in [-0.05, 0) is 18.5 Å². The molecule has 0 aromatic carbocycles. The molecule has 0 saturated heterocycles. The van der Waals surface area contributed by atoms with Crippen LogP contribution in [0.25, 0.3) is 0 Å². The van der Waals surface area contributed by atoms with Gasteiger partial charge >= 0.3 is 5.97 Å². The molecule has 2 aromatic rings. The number of carboxylic acid groups (broad SMARTS) is 1. The molecule has 0 spiro atoms. The van der Waals surface area contributed by atoms with E-state index in [1.807, 2.05) is 0 Å². The zero-order valence-electron chi connectivity index (χ0n) is 10.0. The number of nitrogens with zero attached hydrogens (tertiary/aromatic N) is 4. The van der Waals surface area contributed by atoms with Gasteiger partial charge in [0.05, 0.1) is 24.0 Å². The molecule has 0 aliphatic heterocycles. The number of amides is 1. The van der Waals surface area contributed by atoms with Gasteiger partial charge in [0.2, 0.25) is 0 Å². The molecular weight excluding hydrogens is 270 g/mol. The molecule has 0 bridgehead atoms. The normalized spacial score (nSPS) is 10.4. The highest BCUT2D eigenvalue weighted by Crippen LogP contribution is 2.08. The highest BCUT2D eigenvalue weighted by molar-refractivity contribution is 7.03. The zero-order chi connectivity index (χ0) is 13.8. The number of carboxylic acids is 1. The highest BCUT2D eigenvalue weighted by atomic mass is 32.1. The van der Waals surface area contributed by atoms with Crippen molar-refractivity contribution in [2.45, 2.75) is 20.0 Å². The van der Waals surface area contributed by atoms with Crippen LogP contribution >= 0.6 is 11.5 Å². The Morgan fingerprint density at radius 2 is 2.32 bits per heavy atom. The molecule has 0 aliphatic carbocycles. The van der Waals surface area contributed by atoms with Crippen LogP contribution in [-0.4, -0.2) is 36.4 Å². The van der Waals surface area contributed by atoms with Crippen molar-refractivity contribution in [1.82, 2.24) is 24.7 Å². The fourth-order valence-corrected chi connectivity index (χ4v) is 2.10. The fourth-order valence-electron chi connectivity index (χ4n) is 1.41. The molecule has 0 radical (unpaired) electrons. The van der Waals surface area contributed by atoms with E-state index in [0.29, 0.717) is 17.0 Å². The van der Waals surface area contributed by atoms with Gasteiger partial charge in [0.1, 0.15) is 12.2 Å². The number of carbonyl (C=O) groups excluding carboxylic acids is 1. The van der Waals surface area contributed by atoms with E-state index >= 15 is 0 Å². The number of hydrogen-bond donors (Lipinski definition) is 2. The number of carbonyl (C=O) groups is 2. The summed E-state index contributed by atoms with van der Waals surface area (Å²) in [7, 11) is 0. The molecule has 2 heterocycles. The minimum Gasteiger partial charge on any atom is -0.480 e. The summed E-state index contributed by atoms with van der Waals surface area (Å²) in [6.45, 7) is 1.69. The lowest BCUT2D eigenvalue weighted by Crippen LogP contribution is -2.23. The fraction of sp³-hybridized carbons (Fsp3) is 0.300. The van der Waals surface area contributed by atoms with Crippen LogP contribution in [0.2, 0.25) is 0 Å². The van der Waals surface area contributed by atoms with Crippen LogP contribution in [0.5, 0.6) is 0 Å². The number of nitrogens with one attached hydrogen (secondary N) is 1. The van der Waals surface area contributed by atoms with Crippen molar-refractivity contribution in [3.05, 3.63) is 28.5 Å². The summed E-state index contributed by atoms with van der Waals surface area (Å²) in [6.07, 6.45) is 1.48. The molecular formula is C10H11N5O3S. The molecule has 0 saturated carbocycles. The highest BCUT2D eigenvalue weighted by Gasteiger charge is 2.11. The van der Waals surface area contributed by atoms with E-state index in [1.165, 1.54) is 22.4 Å². The number of hydrogen-bond acceptors (Lipinski definition) is 6. The van der Waals surface area contributed by atoms with Crippen LogP contribution in [0.3, 0.4) is 0 Å². The average molecular weight is 281 g/mol. The summed E-state index contributed by atoms with van der Waals surface area (Å²) in [4.78, 5) is 22.3. The number of aryl methyl sites for hydroxylation is 1. The van der Waals surface area contributed by atoms with Crippen LogP contribution in [-0.2, 0) is 17.9 Å². The largest absolute Gasteiger partial charge is 0.480 e. The first-order valence-electron chi connectivity index (χ1n) is 5.36. The van der Waals surface area contributed by atoms with E-state index in [2.05, 4.69) is 20.0 Å². The van der Waals surface area contributed by atoms with Crippen molar-refractivity contribution in [1.29, 1.82) is 0 Å². The SMILES string of the molecule is Cc1nscc1C(=O)NCc1cn(CC(=O)O)nn1. The summed E-state index contributed by atoms with van der Waals surface area (Å²) < 4.78 is 5.21. The van der Waals surface area contributed by atoms with Gasteiger partial charge in [-0.3, -0.25) is 9.59 Å². The van der Waals surface area contributed by atoms with Gasteiger partial charge in [-0.25, -0.2) is 4.68 Å². The zero-order valence-corrected chi connectivity index (χ0v) is 10.8.